The Hall–Kier alpha value is -2.66. The molecule has 4 nitrogen and oxygen atoms in total. The fourth-order valence-electron chi connectivity index (χ4n) is 2.80. The largest absolute Gasteiger partial charge is 0.356 e. The van der Waals surface area contributed by atoms with Gasteiger partial charge in [0, 0.05) is 16.8 Å². The van der Waals surface area contributed by atoms with Crippen molar-refractivity contribution in [2.24, 2.45) is 0 Å². The summed E-state index contributed by atoms with van der Waals surface area (Å²) in [5, 5.41) is 7.50. The maximum atomic E-state index is 13.9. The van der Waals surface area contributed by atoms with Gasteiger partial charge in [-0.15, -0.1) is 0 Å². The smallest absolute Gasteiger partial charge is 0.236 e. The van der Waals surface area contributed by atoms with Crippen LogP contribution in [0.4, 0.5) is 10.1 Å². The van der Waals surface area contributed by atoms with Crippen molar-refractivity contribution in [1.82, 2.24) is 5.16 Å². The van der Waals surface area contributed by atoms with E-state index in [9.17, 15) is 9.18 Å². The van der Waals surface area contributed by atoms with E-state index in [0.717, 1.165) is 0 Å². The van der Waals surface area contributed by atoms with E-state index in [4.69, 9.17) is 16.1 Å². The van der Waals surface area contributed by atoms with Gasteiger partial charge in [0.15, 0.2) is 5.76 Å². The number of rotatable bonds is 4. The Bertz CT molecular complexity index is 933. The molecule has 126 valence electrons. The Labute approximate surface area is 148 Å². The number of nitrogens with one attached hydrogen (secondary N) is 1. The summed E-state index contributed by atoms with van der Waals surface area (Å²) in [5.41, 5.74) is 0.804. The fourth-order valence-corrected chi connectivity index (χ4v) is 2.92. The van der Waals surface area contributed by atoms with Crippen LogP contribution >= 0.6 is 11.6 Å². The van der Waals surface area contributed by atoms with Gasteiger partial charge in [-0.1, -0.05) is 28.9 Å². The van der Waals surface area contributed by atoms with E-state index >= 15 is 0 Å². The first-order valence-corrected chi connectivity index (χ1v) is 8.25. The Morgan fingerprint density at radius 1 is 1.16 bits per heavy atom. The highest BCUT2D eigenvalue weighted by atomic mass is 35.5. The highest BCUT2D eigenvalue weighted by Gasteiger charge is 2.53. The molecule has 2 aromatic carbocycles. The molecule has 1 heterocycles. The third kappa shape index (κ3) is 2.91. The predicted octanol–water partition coefficient (Wildman–Crippen LogP) is 4.80. The monoisotopic (exact) mass is 356 g/mol. The Balaban J connectivity index is 1.58. The summed E-state index contributed by atoms with van der Waals surface area (Å²) < 4.78 is 19.2. The Morgan fingerprint density at radius 3 is 2.56 bits per heavy atom. The van der Waals surface area contributed by atoms with Gasteiger partial charge < -0.3 is 9.84 Å². The van der Waals surface area contributed by atoms with Gasteiger partial charge in [0.05, 0.1) is 16.7 Å². The molecule has 25 heavy (non-hydrogen) atoms. The molecule has 6 heteroatoms. The van der Waals surface area contributed by atoms with Crippen molar-refractivity contribution < 1.29 is 13.7 Å². The quantitative estimate of drug-likeness (QED) is 0.730. The Kier molecular flexibility index (Phi) is 3.81. The van der Waals surface area contributed by atoms with Crippen LogP contribution in [0.5, 0.6) is 0 Å². The van der Waals surface area contributed by atoms with Crippen LogP contribution in [0.2, 0.25) is 5.02 Å². The second kappa shape index (κ2) is 6.01. The molecule has 1 aromatic heterocycles. The van der Waals surface area contributed by atoms with E-state index in [2.05, 4.69) is 10.5 Å². The first-order chi connectivity index (χ1) is 12.1. The number of carbonyl (C=O) groups excluding carboxylic acids is 1. The zero-order valence-electron chi connectivity index (χ0n) is 13.1. The number of benzene rings is 2. The molecule has 0 aliphatic heterocycles. The zero-order valence-corrected chi connectivity index (χ0v) is 13.9. The van der Waals surface area contributed by atoms with Gasteiger partial charge >= 0.3 is 0 Å². The minimum atomic E-state index is -0.716. The summed E-state index contributed by atoms with van der Waals surface area (Å²) in [6.07, 6.45) is 1.35. The molecular formula is C19H14ClFN2O2. The SMILES string of the molecule is O=C(Nc1ccc(Cl)cc1)C1(c2cc(-c3ccccc3F)on2)CC1. The van der Waals surface area contributed by atoms with Crippen LogP contribution in [0.25, 0.3) is 11.3 Å². The molecule has 0 spiro atoms. The molecule has 0 radical (unpaired) electrons. The lowest BCUT2D eigenvalue weighted by Crippen LogP contribution is -2.28. The van der Waals surface area contributed by atoms with Gasteiger partial charge in [0.1, 0.15) is 5.82 Å². The minimum Gasteiger partial charge on any atom is -0.356 e. The molecule has 1 saturated carbocycles. The van der Waals surface area contributed by atoms with Gasteiger partial charge in [0.2, 0.25) is 5.91 Å². The minimum absolute atomic E-state index is 0.150. The summed E-state index contributed by atoms with van der Waals surface area (Å²) in [5.74, 6) is -0.220. The lowest BCUT2D eigenvalue weighted by molar-refractivity contribution is -0.118. The average molecular weight is 357 g/mol. The number of halogens is 2. The summed E-state index contributed by atoms with van der Waals surface area (Å²) in [4.78, 5) is 12.7. The second-order valence-electron chi connectivity index (χ2n) is 6.10. The highest BCUT2D eigenvalue weighted by molar-refractivity contribution is 6.30. The number of carbonyl (C=O) groups is 1. The third-order valence-electron chi connectivity index (χ3n) is 4.43. The molecule has 1 aliphatic carbocycles. The van der Waals surface area contributed by atoms with Crippen LogP contribution in [-0.2, 0) is 10.2 Å². The van der Waals surface area contributed by atoms with Gasteiger partial charge in [-0.25, -0.2) is 4.39 Å². The number of amides is 1. The van der Waals surface area contributed by atoms with E-state index in [1.807, 2.05) is 0 Å². The van der Waals surface area contributed by atoms with Crippen LogP contribution in [0.1, 0.15) is 18.5 Å². The number of aromatic nitrogens is 1. The van der Waals surface area contributed by atoms with E-state index in [0.29, 0.717) is 40.6 Å². The average Bonchev–Trinajstić information content (AvgIpc) is 3.28. The maximum Gasteiger partial charge on any atom is 0.236 e. The van der Waals surface area contributed by atoms with Crippen LogP contribution in [0.3, 0.4) is 0 Å². The van der Waals surface area contributed by atoms with Gasteiger partial charge in [-0.3, -0.25) is 4.79 Å². The van der Waals surface area contributed by atoms with E-state index in [1.54, 1.807) is 48.5 Å². The molecule has 0 saturated heterocycles. The maximum absolute atomic E-state index is 13.9. The number of nitrogens with zero attached hydrogens (tertiary/aromatic N) is 1. The first kappa shape index (κ1) is 15.8. The molecule has 1 fully saturated rings. The molecule has 1 N–H and O–H groups in total. The van der Waals surface area contributed by atoms with E-state index in [-0.39, 0.29) is 11.7 Å². The number of anilines is 1. The first-order valence-electron chi connectivity index (χ1n) is 7.88. The fraction of sp³-hybridized carbons (Fsp3) is 0.158. The van der Waals surface area contributed by atoms with Gasteiger partial charge in [-0.2, -0.15) is 0 Å². The van der Waals surface area contributed by atoms with E-state index < -0.39 is 5.41 Å². The van der Waals surface area contributed by atoms with Crippen molar-refractivity contribution in [3.05, 3.63) is 71.1 Å². The molecule has 3 aromatic rings. The molecular weight excluding hydrogens is 343 g/mol. The summed E-state index contributed by atoms with van der Waals surface area (Å²) in [7, 11) is 0. The summed E-state index contributed by atoms with van der Waals surface area (Å²) >= 11 is 5.85. The van der Waals surface area contributed by atoms with Crippen LogP contribution in [-0.4, -0.2) is 11.1 Å². The van der Waals surface area contributed by atoms with Crippen LogP contribution in [0, 0.1) is 5.82 Å². The van der Waals surface area contributed by atoms with Crippen molar-refractivity contribution in [2.75, 3.05) is 5.32 Å². The highest BCUT2D eigenvalue weighted by Crippen LogP contribution is 2.49. The van der Waals surface area contributed by atoms with Crippen molar-refractivity contribution in [3.63, 3.8) is 0 Å². The number of hydrogen-bond donors (Lipinski definition) is 1. The standard InChI is InChI=1S/C19H14ClFN2O2/c20-12-5-7-13(8-6-12)22-18(24)19(9-10-19)17-11-16(25-23-17)14-3-1-2-4-15(14)21/h1-8,11H,9-10H2,(H,22,24). The Morgan fingerprint density at radius 2 is 1.88 bits per heavy atom. The topological polar surface area (TPSA) is 55.1 Å². The van der Waals surface area contributed by atoms with E-state index in [1.165, 1.54) is 6.07 Å². The molecule has 0 bridgehead atoms. The predicted molar refractivity (Wildman–Crippen MR) is 92.9 cm³/mol. The molecule has 4 rings (SSSR count). The molecule has 0 atom stereocenters. The molecule has 1 amide bonds. The zero-order chi connectivity index (χ0) is 17.4. The third-order valence-corrected chi connectivity index (χ3v) is 4.68. The van der Waals surface area contributed by atoms with Crippen molar-refractivity contribution in [3.8, 4) is 11.3 Å². The summed E-state index contributed by atoms with van der Waals surface area (Å²) in [6, 6.07) is 14.9. The van der Waals surface area contributed by atoms with Crippen LogP contribution < -0.4 is 5.32 Å². The second-order valence-corrected chi connectivity index (χ2v) is 6.54. The van der Waals surface area contributed by atoms with Crippen LogP contribution in [0.15, 0.2) is 59.1 Å². The summed E-state index contributed by atoms with van der Waals surface area (Å²) in [6.45, 7) is 0. The number of hydrogen-bond acceptors (Lipinski definition) is 3. The van der Waals surface area contributed by atoms with Gasteiger partial charge in [-0.05, 0) is 49.2 Å². The molecule has 0 unspecified atom stereocenters. The van der Waals surface area contributed by atoms with Crippen molar-refractivity contribution in [2.45, 2.75) is 18.3 Å². The van der Waals surface area contributed by atoms with Crippen molar-refractivity contribution in [1.29, 1.82) is 0 Å². The van der Waals surface area contributed by atoms with Gasteiger partial charge in [0.25, 0.3) is 0 Å². The lowest BCUT2D eigenvalue weighted by atomic mass is 10.00. The lowest BCUT2D eigenvalue weighted by Gasteiger charge is -2.12. The molecule has 1 aliphatic rings. The normalized spacial score (nSPS) is 15.0. The van der Waals surface area contributed by atoms with Crippen molar-refractivity contribution >= 4 is 23.2 Å².